The molecule has 0 spiro atoms. The lowest BCUT2D eigenvalue weighted by molar-refractivity contribution is -0.139. The Morgan fingerprint density at radius 3 is 2.18 bits per heavy atom. The van der Waals surface area contributed by atoms with Gasteiger partial charge in [0, 0.05) is 22.6 Å². The number of halogens is 3. The highest BCUT2D eigenvalue weighted by atomic mass is 35.5. The van der Waals surface area contributed by atoms with E-state index in [1.54, 1.807) is 31.2 Å². The van der Waals surface area contributed by atoms with Gasteiger partial charge in [-0.15, -0.1) is 0 Å². The monoisotopic (exact) mass is 533 g/mol. The van der Waals surface area contributed by atoms with Crippen LogP contribution in [0.3, 0.4) is 0 Å². The van der Waals surface area contributed by atoms with Crippen LogP contribution in [-0.2, 0) is 26.2 Å². The Morgan fingerprint density at radius 2 is 1.64 bits per heavy atom. The summed E-state index contributed by atoms with van der Waals surface area (Å²) in [5.41, 5.74) is 0.800. The summed E-state index contributed by atoms with van der Waals surface area (Å²) in [6.45, 7) is 4.70. The third-order valence-electron chi connectivity index (χ3n) is 4.70. The fourth-order valence-electron chi connectivity index (χ4n) is 3.10. The van der Waals surface area contributed by atoms with Crippen LogP contribution in [-0.4, -0.2) is 50.0 Å². The topological polar surface area (TPSA) is 86.8 Å². The summed E-state index contributed by atoms with van der Waals surface area (Å²) in [5, 5.41) is 3.66. The molecule has 0 saturated carbocycles. The van der Waals surface area contributed by atoms with Crippen molar-refractivity contribution in [2.45, 2.75) is 39.4 Å². The van der Waals surface area contributed by atoms with Gasteiger partial charge in [0.15, 0.2) is 0 Å². The van der Waals surface area contributed by atoms with Gasteiger partial charge in [0.25, 0.3) is 0 Å². The van der Waals surface area contributed by atoms with E-state index in [0.29, 0.717) is 15.6 Å². The molecule has 0 unspecified atom stereocenters. The Morgan fingerprint density at radius 1 is 1.00 bits per heavy atom. The smallest absolute Gasteiger partial charge is 0.244 e. The van der Waals surface area contributed by atoms with Gasteiger partial charge in [0.2, 0.25) is 21.8 Å². The molecule has 0 radical (unpaired) electrons. The average Bonchev–Trinajstić information content (AvgIpc) is 2.69. The van der Waals surface area contributed by atoms with E-state index in [-0.39, 0.29) is 29.2 Å². The quantitative estimate of drug-likeness (QED) is 0.518. The molecule has 0 saturated heterocycles. The van der Waals surface area contributed by atoms with Crippen LogP contribution < -0.4 is 9.62 Å². The molecule has 0 heterocycles. The van der Waals surface area contributed by atoms with Gasteiger partial charge in [-0.05, 0) is 56.7 Å². The molecule has 2 aromatic rings. The maximum atomic E-state index is 13.4. The number of sulfonamides is 1. The summed E-state index contributed by atoms with van der Waals surface area (Å²) >= 11 is 18.2. The van der Waals surface area contributed by atoms with Crippen molar-refractivity contribution in [3.8, 4) is 0 Å². The normalized spacial score (nSPS) is 12.4. The molecule has 180 valence electrons. The lowest BCUT2D eigenvalue weighted by atomic mass is 10.1. The first-order valence-corrected chi connectivity index (χ1v) is 13.0. The third-order valence-corrected chi connectivity index (χ3v) is 6.60. The number of amides is 2. The number of nitrogens with one attached hydrogen (secondary N) is 1. The van der Waals surface area contributed by atoms with E-state index in [0.717, 1.165) is 10.6 Å². The van der Waals surface area contributed by atoms with E-state index in [9.17, 15) is 18.0 Å². The zero-order chi connectivity index (χ0) is 24.9. The highest BCUT2D eigenvalue weighted by Crippen LogP contribution is 2.30. The van der Waals surface area contributed by atoms with Gasteiger partial charge in [-0.3, -0.25) is 13.9 Å². The number of anilines is 1. The van der Waals surface area contributed by atoms with Crippen LogP contribution in [0.15, 0.2) is 42.5 Å². The van der Waals surface area contributed by atoms with Crippen molar-refractivity contribution in [3.05, 3.63) is 63.1 Å². The van der Waals surface area contributed by atoms with Gasteiger partial charge in [0.05, 0.1) is 17.0 Å². The van der Waals surface area contributed by atoms with Gasteiger partial charge >= 0.3 is 0 Å². The molecule has 0 bridgehead atoms. The molecule has 2 rings (SSSR count). The maximum absolute atomic E-state index is 13.4. The summed E-state index contributed by atoms with van der Waals surface area (Å²) in [7, 11) is -3.89. The molecule has 2 amide bonds. The van der Waals surface area contributed by atoms with Crippen LogP contribution >= 0.6 is 34.8 Å². The number of carbonyl (C=O) groups is 2. The van der Waals surface area contributed by atoms with E-state index < -0.39 is 28.5 Å². The Balaban J connectivity index is 2.42. The van der Waals surface area contributed by atoms with Crippen LogP contribution in [0.4, 0.5) is 5.69 Å². The molecule has 1 atom stereocenters. The Kier molecular flexibility index (Phi) is 9.43. The minimum absolute atomic E-state index is 0.0536. The number of hydrogen-bond acceptors (Lipinski definition) is 4. The van der Waals surface area contributed by atoms with Crippen molar-refractivity contribution in [1.82, 2.24) is 10.2 Å². The molecule has 2 aromatic carbocycles. The van der Waals surface area contributed by atoms with Crippen molar-refractivity contribution in [1.29, 1.82) is 0 Å². The fourth-order valence-corrected chi connectivity index (χ4v) is 4.73. The highest BCUT2D eigenvalue weighted by molar-refractivity contribution is 7.92. The molecule has 0 fully saturated rings. The Labute approximate surface area is 209 Å². The van der Waals surface area contributed by atoms with Gasteiger partial charge in [-0.25, -0.2) is 8.42 Å². The first-order chi connectivity index (χ1) is 15.3. The van der Waals surface area contributed by atoms with Crippen molar-refractivity contribution in [2.24, 2.45) is 0 Å². The number of hydrogen-bond donors (Lipinski definition) is 1. The fraction of sp³-hybridized carbons (Fsp3) is 0.364. The van der Waals surface area contributed by atoms with E-state index in [2.05, 4.69) is 5.32 Å². The lowest BCUT2D eigenvalue weighted by Gasteiger charge is -2.32. The van der Waals surface area contributed by atoms with Crippen molar-refractivity contribution in [2.75, 3.05) is 17.1 Å². The molecule has 11 heteroatoms. The van der Waals surface area contributed by atoms with Crippen molar-refractivity contribution >= 4 is 62.3 Å². The predicted octanol–water partition coefficient (Wildman–Crippen LogP) is 4.35. The number of carbonyl (C=O) groups excluding carboxylic acids is 2. The van der Waals surface area contributed by atoms with Crippen LogP contribution in [0.5, 0.6) is 0 Å². The van der Waals surface area contributed by atoms with Crippen LogP contribution in [0, 0.1) is 0 Å². The minimum Gasteiger partial charge on any atom is -0.352 e. The number of rotatable bonds is 9. The second-order valence-electron chi connectivity index (χ2n) is 7.86. The summed E-state index contributed by atoms with van der Waals surface area (Å²) in [5.74, 6) is -0.950. The highest BCUT2D eigenvalue weighted by Gasteiger charge is 2.31. The third kappa shape index (κ3) is 7.78. The summed E-state index contributed by atoms with van der Waals surface area (Å²) in [6.07, 6.45) is 0.974. The van der Waals surface area contributed by atoms with Crippen LogP contribution in [0.2, 0.25) is 15.1 Å². The zero-order valence-corrected chi connectivity index (χ0v) is 21.8. The summed E-state index contributed by atoms with van der Waals surface area (Å²) in [6, 6.07) is 10.2. The molecular weight excluding hydrogens is 509 g/mol. The molecule has 1 N–H and O–H groups in total. The SMILES string of the molecule is CC(C)NC(=O)[C@@H](C)N(Cc1cccc(Cl)c1)C(=O)CN(c1ccc(Cl)cc1Cl)S(C)(=O)=O. The first kappa shape index (κ1) is 27.2. The standard InChI is InChI=1S/C22H26Cl3N3O4S/c1-14(2)26-22(30)15(3)27(12-16-6-5-7-17(23)10-16)21(29)13-28(33(4,31)32)20-9-8-18(24)11-19(20)25/h5-11,14-15H,12-13H2,1-4H3,(H,26,30)/t15-/m1/s1. The zero-order valence-electron chi connectivity index (χ0n) is 18.7. The lowest BCUT2D eigenvalue weighted by Crippen LogP contribution is -2.52. The van der Waals surface area contributed by atoms with Gasteiger partial charge in [-0.2, -0.15) is 0 Å². The second-order valence-corrected chi connectivity index (χ2v) is 11.0. The first-order valence-electron chi connectivity index (χ1n) is 10.1. The van der Waals surface area contributed by atoms with E-state index in [4.69, 9.17) is 34.8 Å². The molecule has 0 aliphatic rings. The number of benzene rings is 2. The number of nitrogens with zero attached hydrogens (tertiary/aromatic N) is 2. The van der Waals surface area contributed by atoms with Crippen LogP contribution in [0.1, 0.15) is 26.3 Å². The second kappa shape index (κ2) is 11.4. The van der Waals surface area contributed by atoms with Gasteiger partial charge in [0.1, 0.15) is 12.6 Å². The average molecular weight is 535 g/mol. The molecule has 33 heavy (non-hydrogen) atoms. The molecule has 0 aliphatic carbocycles. The van der Waals surface area contributed by atoms with Crippen molar-refractivity contribution in [3.63, 3.8) is 0 Å². The van der Waals surface area contributed by atoms with E-state index in [1.165, 1.54) is 23.1 Å². The van der Waals surface area contributed by atoms with E-state index >= 15 is 0 Å². The van der Waals surface area contributed by atoms with Gasteiger partial charge < -0.3 is 10.2 Å². The van der Waals surface area contributed by atoms with Crippen molar-refractivity contribution < 1.29 is 18.0 Å². The minimum atomic E-state index is -3.89. The molecule has 0 aromatic heterocycles. The maximum Gasteiger partial charge on any atom is 0.244 e. The Bertz CT molecular complexity index is 1130. The van der Waals surface area contributed by atoms with E-state index in [1.807, 2.05) is 13.8 Å². The van der Waals surface area contributed by atoms with Crippen LogP contribution in [0.25, 0.3) is 0 Å². The molecule has 0 aliphatic heterocycles. The summed E-state index contributed by atoms with van der Waals surface area (Å²) < 4.78 is 26.0. The summed E-state index contributed by atoms with van der Waals surface area (Å²) in [4.78, 5) is 27.4. The molecule has 7 nitrogen and oxygen atoms in total. The Hall–Kier alpha value is -2.00. The van der Waals surface area contributed by atoms with Gasteiger partial charge in [-0.1, -0.05) is 46.9 Å². The molecular formula is C22H26Cl3N3O4S. The predicted molar refractivity (Wildman–Crippen MR) is 133 cm³/mol. The largest absolute Gasteiger partial charge is 0.352 e.